The molecule has 3 rings (SSSR count). The third-order valence-corrected chi connectivity index (χ3v) is 4.05. The number of hydrogen-bond donors (Lipinski definition) is 2. The number of carbonyl (C=O) groups is 1. The maximum Gasteiger partial charge on any atom is 0.275 e. The molecule has 2 aliphatic rings. The summed E-state index contributed by atoms with van der Waals surface area (Å²) in [5, 5.41) is 3.58. The second-order valence-electron chi connectivity index (χ2n) is 6.11. The lowest BCUT2D eigenvalue weighted by atomic mass is 10.2. The molecule has 0 bridgehead atoms. The number of benzene rings is 1. The van der Waals surface area contributed by atoms with E-state index in [4.69, 9.17) is 21.1 Å². The van der Waals surface area contributed by atoms with Gasteiger partial charge in [0, 0.05) is 18.0 Å². The van der Waals surface area contributed by atoms with Crippen LogP contribution in [0, 0.1) is 0 Å². The summed E-state index contributed by atoms with van der Waals surface area (Å²) in [6.07, 6.45) is 3.08. The van der Waals surface area contributed by atoms with Crippen molar-refractivity contribution in [3.05, 3.63) is 22.7 Å². The second-order valence-corrected chi connectivity index (χ2v) is 6.52. The molecule has 5 nitrogen and oxygen atoms in total. The summed E-state index contributed by atoms with van der Waals surface area (Å²) in [5.74, 6) is 1.45. The monoisotopic (exact) mass is 325 g/mol. The van der Waals surface area contributed by atoms with Crippen molar-refractivity contribution < 1.29 is 19.2 Å². The molecule has 0 radical (unpaired) electrons. The van der Waals surface area contributed by atoms with Crippen molar-refractivity contribution in [2.75, 3.05) is 26.8 Å². The van der Waals surface area contributed by atoms with Crippen LogP contribution in [0.4, 0.5) is 0 Å². The number of nitrogens with one attached hydrogen (secondary N) is 2. The van der Waals surface area contributed by atoms with Crippen LogP contribution in [0.3, 0.4) is 0 Å². The SMILES string of the molecule is C[NH+](CC(=O)NC1CC1)Cc1cc(Cl)c2c(c1)OCCCO2. The van der Waals surface area contributed by atoms with Crippen molar-refractivity contribution in [2.24, 2.45) is 0 Å². The van der Waals surface area contributed by atoms with Gasteiger partial charge in [-0.2, -0.15) is 0 Å². The van der Waals surface area contributed by atoms with Crippen LogP contribution in [-0.4, -0.2) is 38.8 Å². The van der Waals surface area contributed by atoms with Crippen molar-refractivity contribution in [2.45, 2.75) is 31.8 Å². The Morgan fingerprint density at radius 2 is 2.14 bits per heavy atom. The minimum atomic E-state index is 0.112. The number of amides is 1. The standard InChI is InChI=1S/C16H21ClN2O3/c1-19(10-15(20)18-12-3-4-12)9-11-7-13(17)16-14(8-11)21-5-2-6-22-16/h7-8,12H,2-6,9-10H2,1H3,(H,18,20)/p+1. The first-order chi connectivity index (χ1) is 10.6. The van der Waals surface area contributed by atoms with Gasteiger partial charge in [-0.15, -0.1) is 0 Å². The smallest absolute Gasteiger partial charge is 0.275 e. The molecule has 1 aliphatic carbocycles. The Morgan fingerprint density at radius 1 is 1.36 bits per heavy atom. The maximum absolute atomic E-state index is 11.8. The van der Waals surface area contributed by atoms with E-state index in [1.165, 1.54) is 0 Å². The van der Waals surface area contributed by atoms with Gasteiger partial charge in [-0.05, 0) is 25.0 Å². The summed E-state index contributed by atoms with van der Waals surface area (Å²) < 4.78 is 11.3. The van der Waals surface area contributed by atoms with E-state index in [1.54, 1.807) is 0 Å². The zero-order valence-corrected chi connectivity index (χ0v) is 13.5. The average molecular weight is 326 g/mol. The highest BCUT2D eigenvalue weighted by atomic mass is 35.5. The van der Waals surface area contributed by atoms with E-state index in [9.17, 15) is 4.79 Å². The molecule has 1 amide bonds. The summed E-state index contributed by atoms with van der Waals surface area (Å²) in [7, 11) is 2.00. The Hall–Kier alpha value is -1.46. The predicted molar refractivity (Wildman–Crippen MR) is 83.7 cm³/mol. The van der Waals surface area contributed by atoms with Crippen LogP contribution < -0.4 is 19.7 Å². The molecule has 1 saturated carbocycles. The molecule has 0 saturated heterocycles. The van der Waals surface area contributed by atoms with Crippen molar-refractivity contribution in [3.8, 4) is 11.5 Å². The molecular formula is C16H22ClN2O3+. The van der Waals surface area contributed by atoms with Gasteiger partial charge in [-0.1, -0.05) is 11.6 Å². The summed E-state index contributed by atoms with van der Waals surface area (Å²) in [6, 6.07) is 4.28. The number of rotatable bonds is 5. The Bertz CT molecular complexity index is 561. The first-order valence-corrected chi connectivity index (χ1v) is 8.18. The summed E-state index contributed by atoms with van der Waals surface area (Å²) in [5.41, 5.74) is 1.05. The van der Waals surface area contributed by atoms with E-state index < -0.39 is 0 Å². The Labute approximate surface area is 135 Å². The van der Waals surface area contributed by atoms with Crippen LogP contribution in [0.2, 0.25) is 5.02 Å². The fourth-order valence-electron chi connectivity index (χ4n) is 2.58. The molecule has 1 atom stereocenters. The number of quaternary nitrogens is 1. The van der Waals surface area contributed by atoms with E-state index >= 15 is 0 Å². The van der Waals surface area contributed by atoms with Crippen molar-refractivity contribution >= 4 is 17.5 Å². The molecule has 1 aromatic carbocycles. The lowest BCUT2D eigenvalue weighted by molar-refractivity contribution is -0.885. The molecule has 0 aromatic heterocycles. The molecule has 1 aliphatic heterocycles. The number of ether oxygens (including phenoxy) is 2. The molecule has 6 heteroatoms. The van der Waals surface area contributed by atoms with Crippen LogP contribution in [0.15, 0.2) is 12.1 Å². The number of halogens is 1. The Kier molecular flexibility index (Phi) is 4.74. The van der Waals surface area contributed by atoms with Crippen molar-refractivity contribution in [3.63, 3.8) is 0 Å². The van der Waals surface area contributed by atoms with E-state index in [0.29, 0.717) is 48.9 Å². The fourth-order valence-corrected chi connectivity index (χ4v) is 2.87. The van der Waals surface area contributed by atoms with E-state index in [0.717, 1.165) is 29.7 Å². The molecule has 0 spiro atoms. The van der Waals surface area contributed by atoms with Crippen LogP contribution in [0.1, 0.15) is 24.8 Å². The summed E-state index contributed by atoms with van der Waals surface area (Å²) in [6.45, 7) is 2.44. The zero-order chi connectivity index (χ0) is 15.5. The molecule has 1 fully saturated rings. The van der Waals surface area contributed by atoms with Gasteiger partial charge < -0.3 is 19.7 Å². The highest BCUT2D eigenvalue weighted by Gasteiger charge is 2.24. The van der Waals surface area contributed by atoms with Crippen molar-refractivity contribution in [1.82, 2.24) is 5.32 Å². The largest absolute Gasteiger partial charge is 0.489 e. The van der Waals surface area contributed by atoms with E-state index in [1.807, 2.05) is 19.2 Å². The summed E-state index contributed by atoms with van der Waals surface area (Å²) in [4.78, 5) is 13.0. The fraction of sp³-hybridized carbons (Fsp3) is 0.562. The van der Waals surface area contributed by atoms with Gasteiger partial charge in [0.2, 0.25) is 0 Å². The molecule has 120 valence electrons. The quantitative estimate of drug-likeness (QED) is 0.842. The normalized spacial score (nSPS) is 18.5. The topological polar surface area (TPSA) is 52.0 Å². The predicted octanol–water partition coefficient (Wildman–Crippen LogP) is 0.795. The molecule has 22 heavy (non-hydrogen) atoms. The molecule has 1 aromatic rings. The van der Waals surface area contributed by atoms with Gasteiger partial charge in [-0.3, -0.25) is 4.79 Å². The molecule has 1 unspecified atom stereocenters. The number of hydrogen-bond acceptors (Lipinski definition) is 3. The molecule has 2 N–H and O–H groups in total. The lowest BCUT2D eigenvalue weighted by Gasteiger charge is -2.16. The Balaban J connectivity index is 1.62. The Morgan fingerprint density at radius 3 is 2.91 bits per heavy atom. The molecular weight excluding hydrogens is 304 g/mol. The number of carbonyl (C=O) groups excluding carboxylic acids is 1. The van der Waals surface area contributed by atoms with Gasteiger partial charge in [-0.25, -0.2) is 0 Å². The van der Waals surface area contributed by atoms with Gasteiger partial charge in [0.15, 0.2) is 18.0 Å². The van der Waals surface area contributed by atoms with Gasteiger partial charge in [0.25, 0.3) is 5.91 Å². The van der Waals surface area contributed by atoms with Gasteiger partial charge in [0.05, 0.1) is 25.3 Å². The minimum Gasteiger partial charge on any atom is -0.489 e. The van der Waals surface area contributed by atoms with Crippen molar-refractivity contribution in [1.29, 1.82) is 0 Å². The van der Waals surface area contributed by atoms with Crippen LogP contribution in [0.25, 0.3) is 0 Å². The van der Waals surface area contributed by atoms with Crippen LogP contribution in [0.5, 0.6) is 11.5 Å². The average Bonchev–Trinajstić information content (AvgIpc) is 3.25. The number of likely N-dealkylation sites (N-methyl/N-ethyl adjacent to an activating group) is 1. The maximum atomic E-state index is 11.8. The molecule has 1 heterocycles. The minimum absolute atomic E-state index is 0.112. The highest BCUT2D eigenvalue weighted by Crippen LogP contribution is 2.37. The van der Waals surface area contributed by atoms with E-state index in [-0.39, 0.29) is 5.91 Å². The zero-order valence-electron chi connectivity index (χ0n) is 12.8. The third kappa shape index (κ3) is 4.05. The number of fused-ring (bicyclic) bond motifs is 1. The lowest BCUT2D eigenvalue weighted by Crippen LogP contribution is -3.08. The first kappa shape index (κ1) is 15.4. The van der Waals surface area contributed by atoms with Crippen LogP contribution >= 0.6 is 11.6 Å². The van der Waals surface area contributed by atoms with Crippen LogP contribution in [-0.2, 0) is 11.3 Å². The summed E-state index contributed by atoms with van der Waals surface area (Å²) >= 11 is 6.29. The van der Waals surface area contributed by atoms with Gasteiger partial charge in [0.1, 0.15) is 6.54 Å². The van der Waals surface area contributed by atoms with E-state index in [2.05, 4.69) is 5.32 Å². The third-order valence-electron chi connectivity index (χ3n) is 3.77. The van der Waals surface area contributed by atoms with Gasteiger partial charge >= 0.3 is 0 Å². The second kappa shape index (κ2) is 6.75. The highest BCUT2D eigenvalue weighted by molar-refractivity contribution is 6.32. The first-order valence-electron chi connectivity index (χ1n) is 7.80.